The van der Waals surface area contributed by atoms with E-state index in [-0.39, 0.29) is 30.9 Å². The highest BCUT2D eigenvalue weighted by molar-refractivity contribution is 7.36. The minimum absolute atomic E-state index is 0.0439. The fourth-order valence-electron chi connectivity index (χ4n) is 1.79. The first-order valence-electron chi connectivity index (χ1n) is 9.01. The smallest absolute Gasteiger partial charge is 0.462 e. The average molecular weight is 419 g/mol. The predicted molar refractivity (Wildman–Crippen MR) is 106 cm³/mol. The zero-order valence-corrected chi connectivity index (χ0v) is 18.2. The van der Waals surface area contributed by atoms with E-state index < -0.39 is 20.2 Å². The zero-order valence-electron chi connectivity index (χ0n) is 17.3. The first-order valence-corrected chi connectivity index (χ1v) is 10.2. The van der Waals surface area contributed by atoms with E-state index in [0.29, 0.717) is 12.8 Å². The molecule has 11 heteroatoms. The van der Waals surface area contributed by atoms with Crippen LogP contribution >= 0.6 is 8.18 Å². The Morgan fingerprint density at radius 2 is 1.93 bits per heavy atom. The first kappa shape index (κ1) is 26.1. The van der Waals surface area contributed by atoms with Crippen molar-refractivity contribution < 1.29 is 28.2 Å². The molecule has 4 atom stereocenters. The number of rotatable bonds is 14. The molecule has 3 N–H and O–H groups in total. The van der Waals surface area contributed by atoms with E-state index in [1.165, 1.54) is 6.08 Å². The van der Waals surface area contributed by atoms with Crippen LogP contribution in [-0.4, -0.2) is 61.2 Å². The van der Waals surface area contributed by atoms with Gasteiger partial charge in [0.15, 0.2) is 0 Å². The topological polar surface area (TPSA) is 130 Å². The summed E-state index contributed by atoms with van der Waals surface area (Å²) in [6.07, 6.45) is 3.15. The van der Waals surface area contributed by atoms with Crippen molar-refractivity contribution in [3.8, 4) is 0 Å². The largest absolute Gasteiger partial charge is 0.613 e. The van der Waals surface area contributed by atoms with Gasteiger partial charge in [-0.1, -0.05) is 12.0 Å². The van der Waals surface area contributed by atoms with E-state index in [0.717, 1.165) is 0 Å². The highest BCUT2D eigenvalue weighted by Gasteiger charge is 2.29. The molecule has 0 saturated heterocycles. The lowest BCUT2D eigenvalue weighted by Gasteiger charge is -2.27. The minimum atomic E-state index is -2.25. The lowest BCUT2D eigenvalue weighted by Crippen LogP contribution is -2.34. The molecule has 0 aliphatic heterocycles. The van der Waals surface area contributed by atoms with Gasteiger partial charge in [0.2, 0.25) is 6.41 Å². The highest BCUT2D eigenvalue weighted by Crippen LogP contribution is 2.20. The van der Waals surface area contributed by atoms with E-state index in [1.54, 1.807) is 38.9 Å². The maximum absolute atomic E-state index is 12.0. The van der Waals surface area contributed by atoms with Gasteiger partial charge in [-0.2, -0.15) is 0 Å². The van der Waals surface area contributed by atoms with Crippen molar-refractivity contribution >= 4 is 26.4 Å². The summed E-state index contributed by atoms with van der Waals surface area (Å²) in [5, 5.41) is 12.2. The molecule has 0 rings (SSSR count). The Hall–Kier alpha value is -1.87. The monoisotopic (exact) mass is 419 g/mol. The van der Waals surface area contributed by atoms with E-state index in [1.807, 2.05) is 13.8 Å². The van der Waals surface area contributed by atoms with Gasteiger partial charge in [0.05, 0.1) is 12.2 Å². The Morgan fingerprint density at radius 1 is 1.29 bits per heavy atom. The van der Waals surface area contributed by atoms with Crippen molar-refractivity contribution in [3.05, 3.63) is 12.3 Å². The van der Waals surface area contributed by atoms with Gasteiger partial charge in [0, 0.05) is 13.2 Å². The van der Waals surface area contributed by atoms with Crippen molar-refractivity contribution in [2.24, 2.45) is 0 Å². The van der Waals surface area contributed by atoms with Crippen LogP contribution < -0.4 is 10.4 Å². The number of hydrogen-bond donors (Lipinski definition) is 3. The molecule has 10 nitrogen and oxygen atoms in total. The van der Waals surface area contributed by atoms with Crippen LogP contribution in [0.5, 0.6) is 0 Å². The van der Waals surface area contributed by atoms with Crippen molar-refractivity contribution in [2.45, 2.75) is 65.5 Å². The Morgan fingerprint density at radius 3 is 2.46 bits per heavy atom. The molecule has 0 aliphatic rings. The SMILES string of the molecule is CCC(CO[P+](=O)NC(C)C(=O)OC(C)C)OC(C)N(C)/C=C\C(=N)NC=O. The van der Waals surface area contributed by atoms with E-state index in [9.17, 15) is 14.2 Å². The van der Waals surface area contributed by atoms with Crippen molar-refractivity contribution in [2.75, 3.05) is 13.7 Å². The van der Waals surface area contributed by atoms with Crippen molar-refractivity contribution in [3.63, 3.8) is 0 Å². The molecule has 4 unspecified atom stereocenters. The Kier molecular flexibility index (Phi) is 13.2. The van der Waals surface area contributed by atoms with Gasteiger partial charge < -0.3 is 19.7 Å². The van der Waals surface area contributed by atoms with E-state index >= 15 is 0 Å². The number of hydrogen-bond acceptors (Lipinski definition) is 8. The summed E-state index contributed by atoms with van der Waals surface area (Å²) in [5.41, 5.74) is 0. The number of nitrogens with one attached hydrogen (secondary N) is 3. The quantitative estimate of drug-likeness (QED) is 0.0972. The maximum Gasteiger partial charge on any atom is 0.613 e. The standard InChI is InChI=1S/C17H31N4O6P/c1-7-15(27-14(5)21(6)9-8-16(18)19-11-22)10-25-28(24)20-13(4)17(23)26-12(2)3/h8-9,11-15H,7,10H2,1-6H3,(H2-,18,19,20,22,24)/p+1/b9-8-. The summed E-state index contributed by atoms with van der Waals surface area (Å²) in [6.45, 7) is 8.82. The van der Waals surface area contributed by atoms with Crippen LogP contribution in [0.2, 0.25) is 0 Å². The second kappa shape index (κ2) is 14.2. The molecule has 0 aromatic heterocycles. The molecule has 0 aliphatic carbocycles. The average Bonchev–Trinajstić information content (AvgIpc) is 2.62. The zero-order chi connectivity index (χ0) is 21.7. The third-order valence-corrected chi connectivity index (χ3v) is 4.47. The molecule has 0 heterocycles. The first-order chi connectivity index (χ1) is 13.1. The molecule has 0 saturated carbocycles. The van der Waals surface area contributed by atoms with Gasteiger partial charge in [0.1, 0.15) is 24.7 Å². The normalized spacial score (nSPS) is 15.0. The second-order valence-electron chi connectivity index (χ2n) is 6.31. The summed E-state index contributed by atoms with van der Waals surface area (Å²) in [6, 6.07) is -0.752. The summed E-state index contributed by atoms with van der Waals surface area (Å²) in [7, 11) is -0.497. The summed E-state index contributed by atoms with van der Waals surface area (Å²) >= 11 is 0. The fraction of sp³-hybridized carbons (Fsp3) is 0.706. The molecule has 28 heavy (non-hydrogen) atoms. The molecule has 0 radical (unpaired) electrons. The molecule has 1 amide bonds. The fourth-order valence-corrected chi connectivity index (χ4v) is 2.58. The molecule has 0 aromatic carbocycles. The van der Waals surface area contributed by atoms with Crippen molar-refractivity contribution in [1.29, 1.82) is 5.41 Å². The van der Waals surface area contributed by atoms with Gasteiger partial charge in [-0.25, -0.2) is 0 Å². The van der Waals surface area contributed by atoms with Gasteiger partial charge in [0.25, 0.3) is 0 Å². The van der Waals surface area contributed by atoms with Crippen LogP contribution in [0.25, 0.3) is 0 Å². The molecule has 0 bridgehead atoms. The molecule has 0 spiro atoms. The van der Waals surface area contributed by atoms with Crippen LogP contribution in [0.1, 0.15) is 41.0 Å². The number of nitrogens with zero attached hydrogens (tertiary/aromatic N) is 1. The van der Waals surface area contributed by atoms with E-state index in [4.69, 9.17) is 19.4 Å². The third kappa shape index (κ3) is 11.8. The number of amidine groups is 1. The van der Waals surface area contributed by atoms with E-state index in [2.05, 4.69) is 10.4 Å². The molecular weight excluding hydrogens is 387 g/mol. The van der Waals surface area contributed by atoms with Gasteiger partial charge >= 0.3 is 14.1 Å². The van der Waals surface area contributed by atoms with Gasteiger partial charge in [-0.3, -0.25) is 15.0 Å². The molecule has 0 fully saturated rings. The molecule has 0 aromatic rings. The lowest BCUT2D eigenvalue weighted by molar-refractivity contribution is -0.149. The highest BCUT2D eigenvalue weighted by atomic mass is 31.1. The summed E-state index contributed by atoms with van der Waals surface area (Å²) in [5.74, 6) is -0.542. The third-order valence-electron chi connectivity index (χ3n) is 3.49. The van der Waals surface area contributed by atoms with Crippen molar-refractivity contribution in [1.82, 2.24) is 15.3 Å². The summed E-state index contributed by atoms with van der Waals surface area (Å²) in [4.78, 5) is 23.7. The molecular formula is C17H32N4O6P+. The number of carbonyl (C=O) groups is 2. The Labute approximate surface area is 167 Å². The lowest BCUT2D eigenvalue weighted by atomic mass is 10.3. The van der Waals surface area contributed by atoms with Crippen LogP contribution in [0, 0.1) is 5.41 Å². The number of amides is 1. The number of ether oxygens (including phenoxy) is 2. The van der Waals surface area contributed by atoms with Gasteiger partial charge in [-0.15, -0.1) is 4.52 Å². The number of carbonyl (C=O) groups excluding carboxylic acids is 2. The summed E-state index contributed by atoms with van der Waals surface area (Å²) < 4.78 is 28.2. The molecule has 160 valence electrons. The van der Waals surface area contributed by atoms with Crippen LogP contribution in [0.15, 0.2) is 12.3 Å². The number of esters is 1. The van der Waals surface area contributed by atoms with Crippen LogP contribution in [0.3, 0.4) is 0 Å². The maximum atomic E-state index is 12.0. The van der Waals surface area contributed by atoms with Crippen LogP contribution in [-0.2, 0) is 28.2 Å². The predicted octanol–water partition coefficient (Wildman–Crippen LogP) is 1.90. The second-order valence-corrected chi connectivity index (χ2v) is 7.34. The Balaban J connectivity index is 4.42. The Bertz CT molecular complexity index is 558. The van der Waals surface area contributed by atoms with Gasteiger partial charge in [-0.05, 0) is 44.8 Å². The minimum Gasteiger partial charge on any atom is -0.462 e. The van der Waals surface area contributed by atoms with Crippen LogP contribution in [0.4, 0.5) is 0 Å².